The summed E-state index contributed by atoms with van der Waals surface area (Å²) in [5.74, 6) is 0. The van der Waals surface area contributed by atoms with Crippen LogP contribution >= 0.6 is 0 Å². The zero-order valence-corrected chi connectivity index (χ0v) is 45.0. The van der Waals surface area contributed by atoms with Crippen molar-refractivity contribution in [3.63, 3.8) is 0 Å². The predicted octanol–water partition coefficient (Wildman–Crippen LogP) is 18.0. The lowest BCUT2D eigenvalue weighted by atomic mass is 9.33. The normalized spacial score (nSPS) is 13.2. The minimum absolute atomic E-state index is 0.00761. The van der Waals surface area contributed by atoms with Crippen molar-refractivity contribution in [2.24, 2.45) is 0 Å². The van der Waals surface area contributed by atoms with Crippen LogP contribution in [0.5, 0.6) is 0 Å². The van der Waals surface area contributed by atoms with Gasteiger partial charge in [0.2, 0.25) is 0 Å². The summed E-state index contributed by atoms with van der Waals surface area (Å²) in [5.41, 5.74) is 23.1. The molecule has 76 heavy (non-hydrogen) atoms. The predicted molar refractivity (Wildman–Crippen MR) is 328 cm³/mol. The molecule has 0 fully saturated rings. The maximum atomic E-state index is 2.57. The highest BCUT2D eigenvalue weighted by Gasteiger charge is 2.44. The van der Waals surface area contributed by atoms with Crippen LogP contribution in [0.1, 0.15) is 77.6 Å². The number of hydrogen-bond acceptors (Lipinski definition) is 2. The van der Waals surface area contributed by atoms with Gasteiger partial charge in [0.25, 0.3) is 6.71 Å². The summed E-state index contributed by atoms with van der Waals surface area (Å²) in [5, 5.41) is 4.98. The summed E-state index contributed by atoms with van der Waals surface area (Å²) in [6, 6.07) is 89.4. The molecule has 0 N–H and O–H groups in total. The first-order valence-electron chi connectivity index (χ1n) is 27.1. The van der Waals surface area contributed by atoms with Gasteiger partial charge in [0.05, 0.1) is 0 Å². The maximum Gasteiger partial charge on any atom is 0.252 e. The third kappa shape index (κ3) is 7.78. The minimum Gasteiger partial charge on any atom is -0.311 e. The number of para-hydroxylation sites is 2. The highest BCUT2D eigenvalue weighted by Crippen LogP contribution is 2.50. The monoisotopic (exact) mass is 979 g/mol. The molecule has 0 saturated carbocycles. The standard InChI is InChI=1S/C73H63BN2/c1-71(2,3)53-37-39-62-64(46-53)75(56-29-17-11-18-30-56)66-44-50(45-67-70(66)74(62)63-40-38-54(72(4,5)6)47-65(63)76(67)57-31-19-12-20-32-57)49-41-51(43-55(42-49)73(7,8)52-27-15-10-16-28-52)69-60-35-23-21-33-58(60)68(48-25-13-9-14-26-48)59-34-22-24-36-61(59)69/h9-47H,1-8H3. The van der Waals surface area contributed by atoms with Crippen molar-refractivity contribution in [3.05, 3.63) is 259 Å². The molecule has 11 aromatic carbocycles. The van der Waals surface area contributed by atoms with E-state index < -0.39 is 0 Å². The van der Waals surface area contributed by atoms with Gasteiger partial charge < -0.3 is 9.80 Å². The first-order chi connectivity index (χ1) is 36.7. The molecule has 2 aliphatic rings. The first kappa shape index (κ1) is 47.3. The lowest BCUT2D eigenvalue weighted by molar-refractivity contribution is 0.590. The minimum atomic E-state index is -0.341. The molecule has 2 heterocycles. The molecule has 13 rings (SSSR count). The number of hydrogen-bond donors (Lipinski definition) is 0. The Labute approximate surface area is 450 Å². The molecule has 11 aromatic rings. The summed E-state index contributed by atoms with van der Waals surface area (Å²) in [7, 11) is 0. The molecule has 0 amide bonds. The van der Waals surface area contributed by atoms with Gasteiger partial charge in [-0.2, -0.15) is 0 Å². The van der Waals surface area contributed by atoms with Gasteiger partial charge in [-0.05, 0) is 159 Å². The third-order valence-electron chi connectivity index (χ3n) is 16.6. The van der Waals surface area contributed by atoms with Crippen LogP contribution in [0.2, 0.25) is 0 Å². The van der Waals surface area contributed by atoms with E-state index in [1.807, 2.05) is 0 Å². The van der Waals surface area contributed by atoms with Gasteiger partial charge >= 0.3 is 0 Å². The Morgan fingerprint density at radius 1 is 0.289 bits per heavy atom. The summed E-state index contributed by atoms with van der Waals surface area (Å²) in [6.07, 6.45) is 0. The van der Waals surface area contributed by atoms with Crippen LogP contribution in [-0.2, 0) is 16.2 Å². The van der Waals surface area contributed by atoms with Gasteiger partial charge in [0.15, 0.2) is 0 Å². The Morgan fingerprint density at radius 3 is 1.12 bits per heavy atom. The molecule has 368 valence electrons. The molecular weight excluding hydrogens is 916 g/mol. The van der Waals surface area contributed by atoms with Gasteiger partial charge in [0, 0.05) is 39.5 Å². The second kappa shape index (κ2) is 17.9. The van der Waals surface area contributed by atoms with Crippen molar-refractivity contribution >= 4 is 78.8 Å². The Kier molecular flexibility index (Phi) is 11.1. The zero-order chi connectivity index (χ0) is 52.1. The van der Waals surface area contributed by atoms with E-state index in [1.54, 1.807) is 0 Å². The van der Waals surface area contributed by atoms with Gasteiger partial charge in [-0.3, -0.25) is 0 Å². The molecule has 2 aliphatic heterocycles. The number of fused-ring (bicyclic) bond motifs is 6. The molecule has 2 nitrogen and oxygen atoms in total. The van der Waals surface area contributed by atoms with Crippen molar-refractivity contribution < 1.29 is 0 Å². The molecule has 0 saturated heterocycles. The molecule has 0 aliphatic carbocycles. The van der Waals surface area contributed by atoms with Crippen molar-refractivity contribution in [2.45, 2.75) is 71.6 Å². The fourth-order valence-corrected chi connectivity index (χ4v) is 12.5. The van der Waals surface area contributed by atoms with Crippen LogP contribution in [0, 0.1) is 0 Å². The SMILES string of the molecule is CC(C)(C)c1ccc2c(c1)N(c1ccccc1)c1cc(-c3cc(-c4c5ccccc5c(-c5ccccc5)c5ccccc45)cc(C(C)(C)c4ccccc4)c3)cc3c1B2c1ccc(C(C)(C)C)cc1N3c1ccccc1. The van der Waals surface area contributed by atoms with Crippen LogP contribution in [0.3, 0.4) is 0 Å². The lowest BCUT2D eigenvalue weighted by Gasteiger charge is -2.45. The number of anilines is 6. The summed E-state index contributed by atoms with van der Waals surface area (Å²) in [4.78, 5) is 5.15. The van der Waals surface area contributed by atoms with Crippen molar-refractivity contribution in [2.75, 3.05) is 9.80 Å². The van der Waals surface area contributed by atoms with E-state index in [4.69, 9.17) is 0 Å². The Bertz CT molecular complexity index is 3850. The van der Waals surface area contributed by atoms with Gasteiger partial charge in [-0.25, -0.2) is 0 Å². The van der Waals surface area contributed by atoms with E-state index in [0.29, 0.717) is 0 Å². The molecule has 0 bridgehead atoms. The molecule has 0 aromatic heterocycles. The van der Waals surface area contributed by atoms with Crippen LogP contribution in [0.15, 0.2) is 237 Å². The van der Waals surface area contributed by atoms with Crippen molar-refractivity contribution in [1.29, 1.82) is 0 Å². The second-order valence-corrected chi connectivity index (χ2v) is 23.7. The van der Waals surface area contributed by atoms with E-state index in [1.165, 1.54) is 116 Å². The van der Waals surface area contributed by atoms with Gasteiger partial charge in [-0.15, -0.1) is 0 Å². The lowest BCUT2D eigenvalue weighted by Crippen LogP contribution is -2.61. The fourth-order valence-electron chi connectivity index (χ4n) is 12.5. The highest BCUT2D eigenvalue weighted by atomic mass is 15.2. The van der Waals surface area contributed by atoms with E-state index in [9.17, 15) is 0 Å². The fraction of sp³-hybridized carbons (Fsp3) is 0.151. The Hall–Kier alpha value is -8.40. The molecule has 0 radical (unpaired) electrons. The topological polar surface area (TPSA) is 6.48 Å². The molecular formula is C73H63BN2. The van der Waals surface area contributed by atoms with Crippen LogP contribution < -0.4 is 26.2 Å². The van der Waals surface area contributed by atoms with Crippen molar-refractivity contribution in [1.82, 2.24) is 0 Å². The third-order valence-corrected chi connectivity index (χ3v) is 16.6. The molecule has 0 atom stereocenters. The van der Waals surface area contributed by atoms with Gasteiger partial charge in [-0.1, -0.05) is 237 Å². The largest absolute Gasteiger partial charge is 0.311 e. The quantitative estimate of drug-likeness (QED) is 0.116. The van der Waals surface area contributed by atoms with E-state index >= 15 is 0 Å². The van der Waals surface area contributed by atoms with E-state index in [-0.39, 0.29) is 23.0 Å². The molecule has 0 spiro atoms. The smallest absolute Gasteiger partial charge is 0.252 e. The summed E-state index contributed by atoms with van der Waals surface area (Å²) in [6.45, 7) is 18.8. The van der Waals surface area contributed by atoms with Crippen LogP contribution in [-0.4, -0.2) is 6.71 Å². The first-order valence-corrected chi connectivity index (χ1v) is 27.1. The summed E-state index contributed by atoms with van der Waals surface area (Å²) < 4.78 is 0. The zero-order valence-electron chi connectivity index (χ0n) is 45.0. The van der Waals surface area contributed by atoms with Gasteiger partial charge in [0.1, 0.15) is 0 Å². The second-order valence-electron chi connectivity index (χ2n) is 23.7. The van der Waals surface area contributed by atoms with Crippen LogP contribution in [0.25, 0.3) is 54.9 Å². The number of benzene rings is 11. The molecule has 3 heteroatoms. The Morgan fingerprint density at radius 2 is 0.671 bits per heavy atom. The average Bonchev–Trinajstić information content (AvgIpc) is 3.50. The summed E-state index contributed by atoms with van der Waals surface area (Å²) >= 11 is 0. The van der Waals surface area contributed by atoms with Crippen molar-refractivity contribution in [3.8, 4) is 33.4 Å². The number of nitrogens with zero attached hydrogens (tertiary/aromatic N) is 2. The molecule has 0 unspecified atom stereocenters. The maximum absolute atomic E-state index is 2.57. The average molecular weight is 979 g/mol. The van der Waals surface area contributed by atoms with E-state index in [2.05, 4.69) is 302 Å². The highest BCUT2D eigenvalue weighted by molar-refractivity contribution is 7.00. The number of rotatable bonds is 7. The van der Waals surface area contributed by atoms with Crippen LogP contribution in [0.4, 0.5) is 34.1 Å². The Balaban J connectivity index is 1.16. The van der Waals surface area contributed by atoms with E-state index in [0.717, 1.165) is 11.4 Å².